The third-order valence-corrected chi connectivity index (χ3v) is 2.40. The van der Waals surface area contributed by atoms with Crippen LogP contribution in [0.4, 0.5) is 0 Å². The predicted molar refractivity (Wildman–Crippen MR) is 51.3 cm³/mol. The van der Waals surface area contributed by atoms with Gasteiger partial charge in [0, 0.05) is 12.0 Å². The second-order valence-corrected chi connectivity index (χ2v) is 3.13. The summed E-state index contributed by atoms with van der Waals surface area (Å²) in [5.41, 5.74) is 2.10. The minimum absolute atomic E-state index is 0.296. The fraction of sp³-hybridized carbons (Fsp3) is 0.273. The van der Waals surface area contributed by atoms with Gasteiger partial charge in [-0.1, -0.05) is 24.3 Å². The number of benzene rings is 1. The van der Waals surface area contributed by atoms with Gasteiger partial charge in [0.15, 0.2) is 5.76 Å². The number of rotatable bonds is 1. The van der Waals surface area contributed by atoms with Crippen molar-refractivity contribution in [3.63, 3.8) is 0 Å². The largest absolute Gasteiger partial charge is 0.504 e. The Morgan fingerprint density at radius 2 is 2.00 bits per heavy atom. The van der Waals surface area contributed by atoms with Crippen molar-refractivity contribution >= 4 is 5.76 Å². The van der Waals surface area contributed by atoms with Crippen LogP contribution in [0.3, 0.4) is 0 Å². The van der Waals surface area contributed by atoms with E-state index in [2.05, 4.69) is 0 Å². The molecule has 0 aromatic heterocycles. The number of aliphatic hydroxyl groups is 1. The van der Waals surface area contributed by atoms with Crippen molar-refractivity contribution in [2.75, 3.05) is 7.11 Å². The van der Waals surface area contributed by atoms with Crippen molar-refractivity contribution in [1.29, 1.82) is 0 Å². The number of hydrogen-bond acceptors (Lipinski definition) is 2. The standard InChI is InChI=1S/C11H12O2/c1-13-10-7-6-8-4-2-3-5-9(8)11(10)12/h2-5,12H,6-7H2,1H3. The zero-order valence-corrected chi connectivity index (χ0v) is 7.58. The smallest absolute Gasteiger partial charge is 0.160 e. The molecule has 2 rings (SSSR count). The van der Waals surface area contributed by atoms with Gasteiger partial charge in [-0.3, -0.25) is 0 Å². The first kappa shape index (κ1) is 8.17. The molecule has 0 fully saturated rings. The fourth-order valence-corrected chi connectivity index (χ4v) is 1.68. The molecule has 2 heteroatoms. The van der Waals surface area contributed by atoms with E-state index in [1.807, 2.05) is 24.3 Å². The van der Waals surface area contributed by atoms with Gasteiger partial charge >= 0.3 is 0 Å². The zero-order valence-electron chi connectivity index (χ0n) is 7.58. The molecule has 1 aromatic carbocycles. The number of fused-ring (bicyclic) bond motifs is 1. The molecule has 0 atom stereocenters. The number of aryl methyl sites for hydroxylation is 1. The minimum Gasteiger partial charge on any atom is -0.504 e. The minimum atomic E-state index is 0.296. The van der Waals surface area contributed by atoms with Crippen LogP contribution in [-0.2, 0) is 11.2 Å². The molecule has 0 amide bonds. The molecule has 68 valence electrons. The van der Waals surface area contributed by atoms with Crippen LogP contribution >= 0.6 is 0 Å². The summed E-state index contributed by atoms with van der Waals surface area (Å²) in [6.07, 6.45) is 1.74. The lowest BCUT2D eigenvalue weighted by Crippen LogP contribution is -2.05. The number of methoxy groups -OCH3 is 1. The van der Waals surface area contributed by atoms with E-state index in [9.17, 15) is 5.11 Å². The normalized spacial score (nSPS) is 15.5. The second kappa shape index (κ2) is 3.13. The van der Waals surface area contributed by atoms with Crippen LogP contribution in [0.1, 0.15) is 17.5 Å². The van der Waals surface area contributed by atoms with Crippen LogP contribution in [0, 0.1) is 0 Å². The van der Waals surface area contributed by atoms with Gasteiger partial charge in [-0.2, -0.15) is 0 Å². The quantitative estimate of drug-likeness (QED) is 0.712. The van der Waals surface area contributed by atoms with E-state index in [4.69, 9.17) is 4.74 Å². The van der Waals surface area contributed by atoms with E-state index < -0.39 is 0 Å². The highest BCUT2D eigenvalue weighted by Crippen LogP contribution is 2.29. The lowest BCUT2D eigenvalue weighted by molar-refractivity contribution is 0.263. The first-order chi connectivity index (χ1) is 6.33. The lowest BCUT2D eigenvalue weighted by Gasteiger charge is -2.18. The molecule has 13 heavy (non-hydrogen) atoms. The van der Waals surface area contributed by atoms with Crippen LogP contribution in [0.5, 0.6) is 0 Å². The SMILES string of the molecule is COC1=C(O)c2ccccc2CC1. The molecule has 2 nitrogen and oxygen atoms in total. The van der Waals surface area contributed by atoms with Crippen LogP contribution in [0.25, 0.3) is 5.76 Å². The molecule has 0 bridgehead atoms. The number of ether oxygens (including phenoxy) is 1. The van der Waals surface area contributed by atoms with E-state index >= 15 is 0 Å². The summed E-state index contributed by atoms with van der Waals surface area (Å²) < 4.78 is 5.09. The zero-order chi connectivity index (χ0) is 9.26. The van der Waals surface area contributed by atoms with Gasteiger partial charge in [0.1, 0.15) is 5.76 Å². The predicted octanol–water partition coefficient (Wildman–Crippen LogP) is 2.51. The molecule has 0 spiro atoms. The summed E-state index contributed by atoms with van der Waals surface area (Å²) in [4.78, 5) is 0. The average molecular weight is 176 g/mol. The molecule has 0 heterocycles. The van der Waals surface area contributed by atoms with Crippen molar-refractivity contribution < 1.29 is 9.84 Å². The number of hydrogen-bond donors (Lipinski definition) is 1. The summed E-state index contributed by atoms with van der Waals surface area (Å²) >= 11 is 0. The Kier molecular flexibility index (Phi) is 1.97. The van der Waals surface area contributed by atoms with Crippen molar-refractivity contribution in [1.82, 2.24) is 0 Å². The first-order valence-corrected chi connectivity index (χ1v) is 4.37. The van der Waals surface area contributed by atoms with Crippen molar-refractivity contribution in [2.24, 2.45) is 0 Å². The van der Waals surface area contributed by atoms with Crippen molar-refractivity contribution in [2.45, 2.75) is 12.8 Å². The Labute approximate surface area is 77.5 Å². The van der Waals surface area contributed by atoms with Gasteiger partial charge in [-0.25, -0.2) is 0 Å². The Hall–Kier alpha value is -1.44. The van der Waals surface area contributed by atoms with Gasteiger partial charge in [-0.05, 0) is 12.0 Å². The van der Waals surface area contributed by atoms with E-state index in [1.165, 1.54) is 5.56 Å². The first-order valence-electron chi connectivity index (χ1n) is 4.37. The number of aliphatic hydroxyl groups excluding tert-OH is 1. The molecular formula is C11H12O2. The summed E-state index contributed by atoms with van der Waals surface area (Å²) in [6, 6.07) is 7.87. The summed E-state index contributed by atoms with van der Waals surface area (Å²) in [5, 5.41) is 9.78. The molecule has 1 aromatic rings. The average Bonchev–Trinajstić information content (AvgIpc) is 2.19. The van der Waals surface area contributed by atoms with Gasteiger partial charge in [0.25, 0.3) is 0 Å². The molecule has 0 unspecified atom stereocenters. The molecule has 0 radical (unpaired) electrons. The van der Waals surface area contributed by atoms with Crippen LogP contribution in [0.2, 0.25) is 0 Å². The second-order valence-electron chi connectivity index (χ2n) is 3.13. The maximum absolute atomic E-state index is 9.78. The Bertz CT molecular complexity index is 353. The number of allylic oxidation sites excluding steroid dienone is 1. The maximum Gasteiger partial charge on any atom is 0.160 e. The van der Waals surface area contributed by atoms with Gasteiger partial charge in [0.05, 0.1) is 7.11 Å². The van der Waals surface area contributed by atoms with E-state index in [1.54, 1.807) is 7.11 Å². The Morgan fingerprint density at radius 1 is 1.23 bits per heavy atom. The monoisotopic (exact) mass is 176 g/mol. The topological polar surface area (TPSA) is 29.5 Å². The summed E-state index contributed by atoms with van der Waals surface area (Å²) in [7, 11) is 1.60. The summed E-state index contributed by atoms with van der Waals surface area (Å²) in [5.74, 6) is 0.989. The molecule has 0 aliphatic heterocycles. The van der Waals surface area contributed by atoms with Crippen LogP contribution < -0.4 is 0 Å². The highest BCUT2D eigenvalue weighted by molar-refractivity contribution is 5.65. The van der Waals surface area contributed by atoms with Gasteiger partial charge < -0.3 is 9.84 Å². The fourth-order valence-electron chi connectivity index (χ4n) is 1.68. The third-order valence-electron chi connectivity index (χ3n) is 2.40. The lowest BCUT2D eigenvalue weighted by atomic mass is 9.95. The highest BCUT2D eigenvalue weighted by atomic mass is 16.5. The van der Waals surface area contributed by atoms with E-state index in [0.29, 0.717) is 11.5 Å². The Morgan fingerprint density at radius 3 is 2.77 bits per heavy atom. The highest BCUT2D eigenvalue weighted by Gasteiger charge is 2.17. The van der Waals surface area contributed by atoms with Crippen LogP contribution in [-0.4, -0.2) is 12.2 Å². The third kappa shape index (κ3) is 1.28. The maximum atomic E-state index is 9.78. The summed E-state index contributed by atoms with van der Waals surface area (Å²) in [6.45, 7) is 0. The molecule has 1 aliphatic rings. The molecule has 0 saturated carbocycles. The van der Waals surface area contributed by atoms with Gasteiger partial charge in [0.2, 0.25) is 0 Å². The van der Waals surface area contributed by atoms with Gasteiger partial charge in [-0.15, -0.1) is 0 Å². The van der Waals surface area contributed by atoms with E-state index in [0.717, 1.165) is 18.4 Å². The Balaban J connectivity index is 2.52. The van der Waals surface area contributed by atoms with Crippen molar-refractivity contribution in [3.8, 4) is 0 Å². The van der Waals surface area contributed by atoms with E-state index in [-0.39, 0.29) is 0 Å². The van der Waals surface area contributed by atoms with Crippen LogP contribution in [0.15, 0.2) is 30.0 Å². The molecular weight excluding hydrogens is 164 g/mol. The van der Waals surface area contributed by atoms with Crippen molar-refractivity contribution in [3.05, 3.63) is 41.2 Å². The molecule has 0 saturated heterocycles. The molecule has 1 N–H and O–H groups in total. The molecule has 1 aliphatic carbocycles.